The van der Waals surface area contributed by atoms with Crippen molar-refractivity contribution < 1.29 is 14.6 Å². The Hall–Kier alpha value is -3.47. The molecule has 5 nitrogen and oxygen atoms in total. The third-order valence-corrected chi connectivity index (χ3v) is 4.56. The van der Waals surface area contributed by atoms with Gasteiger partial charge in [0.05, 0.1) is 11.6 Å². The maximum Gasteiger partial charge on any atom is 0.255 e. The molecule has 1 atom stereocenters. The van der Waals surface area contributed by atoms with Crippen LogP contribution in [0.3, 0.4) is 0 Å². The quantitative estimate of drug-likeness (QED) is 0.554. The molecule has 144 valence electrons. The molecular formula is C23H24N2O3. The standard InChI is InChI=1S/C23H24N2O3/c1-14-11-18(24)12-15(2)22(14)28-19-9-10-21(26)20(13-19)23(27)25-16(3)17-7-5-4-6-8-17/h4-13,16,26H,24H2,1-3H3,(H,25,27). The molecular weight excluding hydrogens is 352 g/mol. The SMILES string of the molecule is Cc1cc(N)cc(C)c1Oc1ccc(O)c(C(=O)NC(C)c2ccccc2)c1. The van der Waals surface area contributed by atoms with Crippen LogP contribution in [0.1, 0.15) is 40.0 Å². The molecule has 0 aliphatic heterocycles. The van der Waals surface area contributed by atoms with Gasteiger partial charge < -0.3 is 20.9 Å². The number of carbonyl (C=O) groups excluding carboxylic acids is 1. The van der Waals surface area contributed by atoms with Gasteiger partial charge in [-0.15, -0.1) is 0 Å². The smallest absolute Gasteiger partial charge is 0.255 e. The van der Waals surface area contributed by atoms with Crippen LogP contribution in [-0.4, -0.2) is 11.0 Å². The minimum Gasteiger partial charge on any atom is -0.507 e. The number of aryl methyl sites for hydroxylation is 2. The number of aromatic hydroxyl groups is 1. The van der Waals surface area contributed by atoms with Gasteiger partial charge in [0.1, 0.15) is 17.2 Å². The van der Waals surface area contributed by atoms with E-state index in [0.29, 0.717) is 17.2 Å². The van der Waals surface area contributed by atoms with Crippen LogP contribution in [0.5, 0.6) is 17.2 Å². The van der Waals surface area contributed by atoms with Gasteiger partial charge >= 0.3 is 0 Å². The Balaban J connectivity index is 1.83. The van der Waals surface area contributed by atoms with Crippen molar-refractivity contribution in [2.45, 2.75) is 26.8 Å². The topological polar surface area (TPSA) is 84.6 Å². The lowest BCUT2D eigenvalue weighted by atomic mass is 10.1. The summed E-state index contributed by atoms with van der Waals surface area (Å²) in [4.78, 5) is 12.7. The van der Waals surface area contributed by atoms with Crippen molar-refractivity contribution in [3.63, 3.8) is 0 Å². The second-order valence-electron chi connectivity index (χ2n) is 6.87. The summed E-state index contributed by atoms with van der Waals surface area (Å²) in [7, 11) is 0. The van der Waals surface area contributed by atoms with Gasteiger partial charge in [-0.3, -0.25) is 4.79 Å². The van der Waals surface area contributed by atoms with Crippen molar-refractivity contribution in [2.24, 2.45) is 0 Å². The van der Waals surface area contributed by atoms with E-state index in [-0.39, 0.29) is 23.3 Å². The lowest BCUT2D eigenvalue weighted by Crippen LogP contribution is -2.26. The van der Waals surface area contributed by atoms with E-state index in [0.717, 1.165) is 16.7 Å². The number of carbonyl (C=O) groups is 1. The lowest BCUT2D eigenvalue weighted by Gasteiger charge is -2.16. The molecule has 3 aromatic rings. The Bertz CT molecular complexity index is 977. The molecule has 0 aliphatic rings. The van der Waals surface area contributed by atoms with Gasteiger partial charge in [0.2, 0.25) is 0 Å². The van der Waals surface area contributed by atoms with Crippen molar-refractivity contribution in [3.05, 3.63) is 82.9 Å². The molecule has 0 saturated carbocycles. The number of anilines is 1. The average molecular weight is 376 g/mol. The lowest BCUT2D eigenvalue weighted by molar-refractivity contribution is 0.0937. The molecule has 1 unspecified atom stereocenters. The minimum absolute atomic E-state index is 0.101. The highest BCUT2D eigenvalue weighted by Gasteiger charge is 2.17. The van der Waals surface area contributed by atoms with E-state index in [1.807, 2.05) is 63.2 Å². The normalized spacial score (nSPS) is 11.7. The van der Waals surface area contributed by atoms with E-state index in [2.05, 4.69) is 5.32 Å². The van der Waals surface area contributed by atoms with Gasteiger partial charge in [-0.25, -0.2) is 0 Å². The number of nitrogens with one attached hydrogen (secondary N) is 1. The van der Waals surface area contributed by atoms with Gasteiger partial charge in [-0.2, -0.15) is 0 Å². The number of ether oxygens (including phenoxy) is 1. The molecule has 3 aromatic carbocycles. The summed E-state index contributed by atoms with van der Waals surface area (Å²) >= 11 is 0. The highest BCUT2D eigenvalue weighted by atomic mass is 16.5. The highest BCUT2D eigenvalue weighted by Crippen LogP contribution is 2.32. The fraction of sp³-hybridized carbons (Fsp3) is 0.174. The number of hydrogen-bond donors (Lipinski definition) is 3. The summed E-state index contributed by atoms with van der Waals surface area (Å²) in [6.07, 6.45) is 0. The van der Waals surface area contributed by atoms with Crippen molar-refractivity contribution in [3.8, 4) is 17.2 Å². The number of benzene rings is 3. The first-order valence-corrected chi connectivity index (χ1v) is 9.08. The largest absolute Gasteiger partial charge is 0.507 e. The van der Waals surface area contributed by atoms with E-state index in [1.165, 1.54) is 12.1 Å². The third kappa shape index (κ3) is 4.26. The molecule has 0 radical (unpaired) electrons. The van der Waals surface area contributed by atoms with Crippen LogP contribution in [0.4, 0.5) is 5.69 Å². The first-order chi connectivity index (χ1) is 13.3. The van der Waals surface area contributed by atoms with Crippen LogP contribution in [0.25, 0.3) is 0 Å². The van der Waals surface area contributed by atoms with E-state index in [4.69, 9.17) is 10.5 Å². The summed E-state index contributed by atoms with van der Waals surface area (Å²) in [5.41, 5.74) is 9.46. The Kier molecular flexibility index (Phi) is 5.54. The van der Waals surface area contributed by atoms with Crippen molar-refractivity contribution >= 4 is 11.6 Å². The fourth-order valence-corrected chi connectivity index (χ4v) is 3.12. The monoisotopic (exact) mass is 376 g/mol. The molecule has 1 amide bonds. The predicted octanol–water partition coefficient (Wildman–Crippen LogP) is 4.87. The second-order valence-corrected chi connectivity index (χ2v) is 6.87. The fourth-order valence-electron chi connectivity index (χ4n) is 3.12. The van der Waals surface area contributed by atoms with Crippen LogP contribution in [0.15, 0.2) is 60.7 Å². The Morgan fingerprint density at radius 1 is 1.04 bits per heavy atom. The van der Waals surface area contributed by atoms with E-state index >= 15 is 0 Å². The highest BCUT2D eigenvalue weighted by molar-refractivity contribution is 5.97. The number of nitrogen functional groups attached to an aromatic ring is 1. The van der Waals surface area contributed by atoms with Crippen LogP contribution in [0.2, 0.25) is 0 Å². The molecule has 28 heavy (non-hydrogen) atoms. The zero-order valence-corrected chi connectivity index (χ0v) is 16.2. The second kappa shape index (κ2) is 8.05. The predicted molar refractivity (Wildman–Crippen MR) is 111 cm³/mol. The van der Waals surface area contributed by atoms with E-state index in [9.17, 15) is 9.90 Å². The molecule has 0 bridgehead atoms. The van der Waals surface area contributed by atoms with Gasteiger partial charge in [0, 0.05) is 5.69 Å². The molecule has 3 rings (SSSR count). The Morgan fingerprint density at radius 2 is 1.68 bits per heavy atom. The van der Waals surface area contributed by atoms with E-state index < -0.39 is 0 Å². The Labute approximate surface area is 164 Å². The molecule has 0 saturated heterocycles. The van der Waals surface area contributed by atoms with Crippen LogP contribution >= 0.6 is 0 Å². The van der Waals surface area contributed by atoms with Gasteiger partial charge in [0.15, 0.2) is 0 Å². The summed E-state index contributed by atoms with van der Waals surface area (Å²) in [5, 5.41) is 13.1. The number of phenols is 1. The number of rotatable bonds is 5. The van der Waals surface area contributed by atoms with Gasteiger partial charge in [0.25, 0.3) is 5.91 Å². The average Bonchev–Trinajstić information content (AvgIpc) is 2.66. The molecule has 0 spiro atoms. The van der Waals surface area contributed by atoms with Crippen molar-refractivity contribution in [1.82, 2.24) is 5.32 Å². The maximum atomic E-state index is 12.7. The molecule has 4 N–H and O–H groups in total. The zero-order valence-electron chi connectivity index (χ0n) is 16.2. The van der Waals surface area contributed by atoms with Crippen LogP contribution in [-0.2, 0) is 0 Å². The van der Waals surface area contributed by atoms with Crippen molar-refractivity contribution in [1.29, 1.82) is 0 Å². The number of hydrogen-bond acceptors (Lipinski definition) is 4. The Morgan fingerprint density at radius 3 is 2.32 bits per heavy atom. The minimum atomic E-state index is -0.370. The molecule has 0 heterocycles. The molecule has 0 fully saturated rings. The van der Waals surface area contributed by atoms with Gasteiger partial charge in [-0.05, 0) is 67.8 Å². The summed E-state index contributed by atoms with van der Waals surface area (Å²) in [5.74, 6) is 0.677. The summed E-state index contributed by atoms with van der Waals surface area (Å²) < 4.78 is 5.98. The molecule has 0 aliphatic carbocycles. The van der Waals surface area contributed by atoms with Crippen molar-refractivity contribution in [2.75, 3.05) is 5.73 Å². The number of nitrogens with two attached hydrogens (primary N) is 1. The van der Waals surface area contributed by atoms with E-state index in [1.54, 1.807) is 6.07 Å². The summed E-state index contributed by atoms with van der Waals surface area (Å²) in [6, 6.07) is 17.7. The molecule has 5 heteroatoms. The van der Waals surface area contributed by atoms with Crippen LogP contribution < -0.4 is 15.8 Å². The van der Waals surface area contributed by atoms with Crippen LogP contribution in [0, 0.1) is 13.8 Å². The number of phenolic OH excluding ortho intramolecular Hbond substituents is 1. The first kappa shape index (κ1) is 19.3. The maximum absolute atomic E-state index is 12.7. The summed E-state index contributed by atoms with van der Waals surface area (Å²) in [6.45, 7) is 5.72. The first-order valence-electron chi connectivity index (χ1n) is 9.08. The zero-order chi connectivity index (χ0) is 20.3. The molecule has 0 aromatic heterocycles. The number of amides is 1. The van der Waals surface area contributed by atoms with Gasteiger partial charge in [-0.1, -0.05) is 30.3 Å². The third-order valence-electron chi connectivity index (χ3n) is 4.56.